The van der Waals surface area contributed by atoms with E-state index < -0.39 is 9.84 Å². The van der Waals surface area contributed by atoms with Crippen molar-refractivity contribution in [2.24, 2.45) is 0 Å². The predicted octanol–water partition coefficient (Wildman–Crippen LogP) is 1.06. The van der Waals surface area contributed by atoms with Gasteiger partial charge >= 0.3 is 0 Å². The van der Waals surface area contributed by atoms with Gasteiger partial charge in [0.05, 0.1) is 24.0 Å². The van der Waals surface area contributed by atoms with E-state index >= 15 is 0 Å². The van der Waals surface area contributed by atoms with Gasteiger partial charge in [-0.05, 0) is 24.6 Å². The Morgan fingerprint density at radius 1 is 1.26 bits per heavy atom. The van der Waals surface area contributed by atoms with Gasteiger partial charge in [0, 0.05) is 12.8 Å². The molecule has 7 nitrogen and oxygen atoms in total. The topological polar surface area (TPSA) is 86.8 Å². The zero-order valence-electron chi connectivity index (χ0n) is 12.8. The third-order valence-electron chi connectivity index (χ3n) is 3.60. The van der Waals surface area contributed by atoms with Crippen molar-refractivity contribution >= 4 is 20.9 Å². The SMILES string of the molecule is CCn1ncc2ncn(Cc3cccc(S(C)(=O)=O)c3)c(=O)c21. The smallest absolute Gasteiger partial charge is 0.279 e. The van der Waals surface area contributed by atoms with Crippen LogP contribution in [0.1, 0.15) is 12.5 Å². The Morgan fingerprint density at radius 2 is 2.04 bits per heavy atom. The van der Waals surface area contributed by atoms with Crippen LogP contribution >= 0.6 is 0 Å². The maximum absolute atomic E-state index is 12.6. The molecule has 0 fully saturated rings. The molecule has 0 bridgehead atoms. The normalized spacial score (nSPS) is 11.9. The summed E-state index contributed by atoms with van der Waals surface area (Å²) in [5.74, 6) is 0. The van der Waals surface area contributed by atoms with Crippen LogP contribution in [0.5, 0.6) is 0 Å². The Labute approximate surface area is 133 Å². The molecule has 0 aliphatic heterocycles. The van der Waals surface area contributed by atoms with Crippen molar-refractivity contribution in [3.8, 4) is 0 Å². The molecule has 0 atom stereocenters. The number of aromatic nitrogens is 4. The van der Waals surface area contributed by atoms with Gasteiger partial charge in [0.25, 0.3) is 5.56 Å². The Balaban J connectivity index is 2.06. The van der Waals surface area contributed by atoms with Crippen LogP contribution in [-0.2, 0) is 22.9 Å². The predicted molar refractivity (Wildman–Crippen MR) is 86.1 cm³/mol. The molecule has 3 rings (SSSR count). The number of hydrogen-bond acceptors (Lipinski definition) is 5. The number of hydrogen-bond donors (Lipinski definition) is 0. The molecule has 0 unspecified atom stereocenters. The van der Waals surface area contributed by atoms with E-state index in [1.165, 1.54) is 17.0 Å². The highest BCUT2D eigenvalue weighted by Crippen LogP contribution is 2.12. The number of fused-ring (bicyclic) bond motifs is 1. The molecule has 0 radical (unpaired) electrons. The molecule has 2 aromatic heterocycles. The van der Waals surface area contributed by atoms with Crippen LogP contribution in [0.2, 0.25) is 0 Å². The van der Waals surface area contributed by atoms with Gasteiger partial charge < -0.3 is 0 Å². The van der Waals surface area contributed by atoms with Crippen LogP contribution in [0.15, 0.2) is 46.5 Å². The van der Waals surface area contributed by atoms with Gasteiger partial charge in [0.1, 0.15) is 5.52 Å². The largest absolute Gasteiger partial charge is 0.293 e. The zero-order chi connectivity index (χ0) is 16.6. The summed E-state index contributed by atoms with van der Waals surface area (Å²) in [6.45, 7) is 2.73. The van der Waals surface area contributed by atoms with Gasteiger partial charge in [-0.3, -0.25) is 14.0 Å². The van der Waals surface area contributed by atoms with Crippen molar-refractivity contribution in [3.05, 3.63) is 52.7 Å². The van der Waals surface area contributed by atoms with Crippen molar-refractivity contribution in [3.63, 3.8) is 0 Å². The average Bonchev–Trinajstić information content (AvgIpc) is 2.93. The number of rotatable bonds is 4. The molecule has 0 spiro atoms. The standard InChI is InChI=1S/C15H16N4O3S/c1-3-19-14-13(8-17-19)16-10-18(15(14)20)9-11-5-4-6-12(7-11)23(2,21)22/h4-8,10H,3,9H2,1-2H3. The van der Waals surface area contributed by atoms with E-state index in [0.717, 1.165) is 11.8 Å². The number of sulfone groups is 1. The van der Waals surface area contributed by atoms with Crippen LogP contribution in [0.4, 0.5) is 0 Å². The summed E-state index contributed by atoms with van der Waals surface area (Å²) in [7, 11) is -3.28. The Morgan fingerprint density at radius 3 is 2.74 bits per heavy atom. The molecule has 0 saturated heterocycles. The molecular formula is C15H16N4O3S. The third-order valence-corrected chi connectivity index (χ3v) is 4.71. The molecule has 3 aromatic rings. The first-order chi connectivity index (χ1) is 10.9. The molecule has 1 aromatic carbocycles. The minimum atomic E-state index is -3.28. The molecule has 0 aliphatic rings. The Hall–Kier alpha value is -2.48. The summed E-state index contributed by atoms with van der Waals surface area (Å²) in [6.07, 6.45) is 4.18. The summed E-state index contributed by atoms with van der Waals surface area (Å²) in [4.78, 5) is 17.1. The number of aryl methyl sites for hydroxylation is 1. The molecule has 0 amide bonds. The first-order valence-electron chi connectivity index (χ1n) is 7.10. The molecule has 120 valence electrons. The van der Waals surface area contributed by atoms with Crippen LogP contribution in [0.3, 0.4) is 0 Å². The number of nitrogens with zero attached hydrogens (tertiary/aromatic N) is 4. The van der Waals surface area contributed by atoms with Crippen LogP contribution < -0.4 is 5.56 Å². The van der Waals surface area contributed by atoms with Gasteiger partial charge in [-0.15, -0.1) is 0 Å². The summed E-state index contributed by atoms with van der Waals surface area (Å²) in [5.41, 5.74) is 1.53. The van der Waals surface area contributed by atoms with Crippen molar-refractivity contribution in [1.82, 2.24) is 19.3 Å². The van der Waals surface area contributed by atoms with Crippen LogP contribution in [0, 0.1) is 0 Å². The second-order valence-corrected chi connectivity index (χ2v) is 7.31. The minimum Gasteiger partial charge on any atom is -0.293 e. The van der Waals surface area contributed by atoms with Crippen molar-refractivity contribution < 1.29 is 8.42 Å². The van der Waals surface area contributed by atoms with E-state index in [2.05, 4.69) is 10.1 Å². The number of benzene rings is 1. The highest BCUT2D eigenvalue weighted by atomic mass is 32.2. The molecule has 0 aliphatic carbocycles. The maximum atomic E-state index is 12.6. The highest BCUT2D eigenvalue weighted by Gasteiger charge is 2.11. The minimum absolute atomic E-state index is 0.195. The van der Waals surface area contributed by atoms with Crippen LogP contribution in [0.25, 0.3) is 11.0 Å². The lowest BCUT2D eigenvalue weighted by Gasteiger charge is -2.07. The van der Waals surface area contributed by atoms with Gasteiger partial charge in [-0.1, -0.05) is 12.1 Å². The molecule has 0 saturated carbocycles. The Bertz CT molecular complexity index is 1030. The monoisotopic (exact) mass is 332 g/mol. The van der Waals surface area contributed by atoms with E-state index in [0.29, 0.717) is 17.6 Å². The third kappa shape index (κ3) is 2.89. The first-order valence-corrected chi connectivity index (χ1v) is 8.99. The summed E-state index contributed by atoms with van der Waals surface area (Å²) < 4.78 is 26.3. The molecule has 8 heteroatoms. The van der Waals surface area contributed by atoms with E-state index in [9.17, 15) is 13.2 Å². The van der Waals surface area contributed by atoms with Crippen molar-refractivity contribution in [2.45, 2.75) is 24.9 Å². The van der Waals surface area contributed by atoms with E-state index in [1.54, 1.807) is 29.1 Å². The Kier molecular flexibility index (Phi) is 3.77. The molecular weight excluding hydrogens is 316 g/mol. The zero-order valence-corrected chi connectivity index (χ0v) is 13.6. The molecule has 23 heavy (non-hydrogen) atoms. The fourth-order valence-electron chi connectivity index (χ4n) is 2.43. The van der Waals surface area contributed by atoms with E-state index in [4.69, 9.17) is 0 Å². The highest BCUT2D eigenvalue weighted by molar-refractivity contribution is 7.90. The summed E-state index contributed by atoms with van der Waals surface area (Å²) in [6, 6.07) is 6.56. The lowest BCUT2D eigenvalue weighted by atomic mass is 10.2. The lowest BCUT2D eigenvalue weighted by molar-refractivity contribution is 0.601. The van der Waals surface area contributed by atoms with Gasteiger partial charge in [-0.25, -0.2) is 13.4 Å². The van der Waals surface area contributed by atoms with Crippen LogP contribution in [-0.4, -0.2) is 34.0 Å². The fraction of sp³-hybridized carbons (Fsp3) is 0.267. The van der Waals surface area contributed by atoms with Gasteiger partial charge in [0.15, 0.2) is 15.4 Å². The second-order valence-electron chi connectivity index (χ2n) is 5.29. The average molecular weight is 332 g/mol. The van der Waals surface area contributed by atoms with E-state index in [-0.39, 0.29) is 17.0 Å². The summed E-state index contributed by atoms with van der Waals surface area (Å²) in [5, 5.41) is 4.13. The van der Waals surface area contributed by atoms with Crippen molar-refractivity contribution in [2.75, 3.05) is 6.26 Å². The maximum Gasteiger partial charge on any atom is 0.279 e. The molecule has 2 heterocycles. The summed E-state index contributed by atoms with van der Waals surface area (Å²) >= 11 is 0. The first kappa shape index (κ1) is 15.4. The molecule has 0 N–H and O–H groups in total. The second kappa shape index (κ2) is 5.62. The van der Waals surface area contributed by atoms with E-state index in [1.807, 2.05) is 6.92 Å². The van der Waals surface area contributed by atoms with Gasteiger partial charge in [0.2, 0.25) is 0 Å². The van der Waals surface area contributed by atoms with Gasteiger partial charge in [-0.2, -0.15) is 5.10 Å². The quantitative estimate of drug-likeness (QED) is 0.713. The lowest BCUT2D eigenvalue weighted by Crippen LogP contribution is -2.23. The van der Waals surface area contributed by atoms with Crippen molar-refractivity contribution in [1.29, 1.82) is 0 Å². The fourth-order valence-corrected chi connectivity index (χ4v) is 3.13.